The highest BCUT2D eigenvalue weighted by atomic mass is 31.2. The molecule has 51 heavy (non-hydrogen) atoms. The predicted octanol–water partition coefficient (Wildman–Crippen LogP) is 11.9. The molecule has 0 radical (unpaired) electrons. The molecule has 0 aliphatic heterocycles. The first-order valence-corrected chi connectivity index (χ1v) is 19.6. The highest BCUT2D eigenvalue weighted by Gasteiger charge is 2.43. The van der Waals surface area contributed by atoms with E-state index in [4.69, 9.17) is 13.6 Å². The third-order valence-electron chi connectivity index (χ3n) is 9.09. The van der Waals surface area contributed by atoms with Crippen molar-refractivity contribution >= 4 is 13.6 Å². The van der Waals surface area contributed by atoms with Crippen molar-refractivity contribution in [1.82, 2.24) is 0 Å². The molecular formula is C44H63O6P. The maximum Gasteiger partial charge on any atom is 0.475 e. The Hall–Kier alpha value is -3.12. The van der Waals surface area contributed by atoms with Crippen LogP contribution in [0.3, 0.4) is 0 Å². The number of carbonyl (C=O) groups is 1. The molecule has 0 heterocycles. The molecule has 6 nitrogen and oxygen atoms in total. The van der Waals surface area contributed by atoms with Gasteiger partial charge in [-0.2, -0.15) is 0 Å². The van der Waals surface area contributed by atoms with Gasteiger partial charge < -0.3 is 5.11 Å². The van der Waals surface area contributed by atoms with Gasteiger partial charge in [0.1, 0.15) is 6.10 Å². The Kier molecular flexibility index (Phi) is 17.5. The summed E-state index contributed by atoms with van der Waals surface area (Å²) in [5.41, 5.74) is 8.22. The first-order valence-electron chi connectivity index (χ1n) is 18.1. The number of phosphoric ester groups is 1. The van der Waals surface area contributed by atoms with E-state index in [1.54, 1.807) is 20.8 Å². The van der Waals surface area contributed by atoms with Crippen LogP contribution in [0, 0.1) is 10.8 Å². The lowest BCUT2D eigenvalue weighted by Gasteiger charge is -2.37. The van der Waals surface area contributed by atoms with E-state index in [0.717, 1.165) is 35.1 Å². The number of hydrogen-bond acceptors (Lipinski definition) is 6. The number of allylic oxidation sites excluding steroid dienone is 20. The minimum atomic E-state index is -3.81. The van der Waals surface area contributed by atoms with E-state index in [0.29, 0.717) is 12.0 Å². The van der Waals surface area contributed by atoms with Gasteiger partial charge in [0.25, 0.3) is 0 Å². The summed E-state index contributed by atoms with van der Waals surface area (Å²) >= 11 is 0. The zero-order valence-corrected chi connectivity index (χ0v) is 34.1. The Balaban J connectivity index is 1.99. The zero-order valence-electron chi connectivity index (χ0n) is 33.2. The van der Waals surface area contributed by atoms with Gasteiger partial charge in [-0.3, -0.25) is 18.4 Å². The summed E-state index contributed by atoms with van der Waals surface area (Å²) in [5.74, 6) is -0.199. The van der Waals surface area contributed by atoms with Gasteiger partial charge in [0.15, 0.2) is 5.78 Å². The topological polar surface area (TPSA) is 82.1 Å². The molecule has 2 aliphatic carbocycles. The molecule has 2 atom stereocenters. The molecule has 0 saturated carbocycles. The van der Waals surface area contributed by atoms with E-state index in [1.807, 2.05) is 43.4 Å². The second-order valence-electron chi connectivity index (χ2n) is 14.9. The lowest BCUT2D eigenvalue weighted by Crippen LogP contribution is -2.37. The molecule has 0 amide bonds. The Morgan fingerprint density at radius 1 is 0.725 bits per heavy atom. The molecule has 0 saturated heterocycles. The summed E-state index contributed by atoms with van der Waals surface area (Å²) in [5, 5.41) is 10.1. The van der Waals surface area contributed by atoms with Gasteiger partial charge in [-0.15, -0.1) is 0 Å². The number of aliphatic hydroxyl groups excluding tert-OH is 1. The van der Waals surface area contributed by atoms with Crippen LogP contribution >= 0.6 is 7.82 Å². The van der Waals surface area contributed by atoms with Crippen LogP contribution in [-0.4, -0.2) is 36.3 Å². The number of aliphatic hydroxyl groups is 1. The van der Waals surface area contributed by atoms with Crippen molar-refractivity contribution in [2.45, 2.75) is 115 Å². The first-order chi connectivity index (χ1) is 23.8. The van der Waals surface area contributed by atoms with E-state index in [-0.39, 0.29) is 35.9 Å². The maximum absolute atomic E-state index is 13.2. The SMILES string of the molecule is CCOP(=O)(OCC)OC1CC(C)(C)C(/C=C/C(C)=C/C=C/C(C)=C/C=C/C=C(C)/C=C/C=C(C)/C=C/C2=C(C)CC(O)CC2(C)C)=C(C)C1=O. The molecule has 0 fully saturated rings. The van der Waals surface area contributed by atoms with Gasteiger partial charge in [-0.25, -0.2) is 4.57 Å². The molecular weight excluding hydrogens is 655 g/mol. The lowest BCUT2D eigenvalue weighted by atomic mass is 9.71. The van der Waals surface area contributed by atoms with Crippen molar-refractivity contribution in [3.05, 3.63) is 130 Å². The van der Waals surface area contributed by atoms with Crippen molar-refractivity contribution in [3.8, 4) is 0 Å². The summed E-state index contributed by atoms with van der Waals surface area (Å²) < 4.78 is 29.1. The smallest absolute Gasteiger partial charge is 0.393 e. The fourth-order valence-electron chi connectivity index (χ4n) is 6.50. The van der Waals surface area contributed by atoms with Crippen molar-refractivity contribution in [2.75, 3.05) is 13.2 Å². The molecule has 0 spiro atoms. The van der Waals surface area contributed by atoms with Crippen LogP contribution in [0.4, 0.5) is 0 Å². The zero-order chi connectivity index (χ0) is 38.4. The Bertz CT molecular complexity index is 1620. The van der Waals surface area contributed by atoms with Crippen LogP contribution in [0.1, 0.15) is 102 Å². The normalized spacial score (nSPS) is 23.1. The van der Waals surface area contributed by atoms with E-state index >= 15 is 0 Å². The summed E-state index contributed by atoms with van der Waals surface area (Å²) in [6, 6.07) is 0. The van der Waals surface area contributed by atoms with Crippen LogP contribution in [0.2, 0.25) is 0 Å². The molecule has 0 aromatic carbocycles. The van der Waals surface area contributed by atoms with Gasteiger partial charge in [-0.1, -0.05) is 141 Å². The second-order valence-corrected chi connectivity index (χ2v) is 16.5. The minimum absolute atomic E-state index is 0.0167. The summed E-state index contributed by atoms with van der Waals surface area (Å²) in [6.07, 6.45) is 29.8. The number of phosphoric acid groups is 1. The van der Waals surface area contributed by atoms with Crippen LogP contribution in [0.15, 0.2) is 130 Å². The molecule has 1 N–H and O–H groups in total. The van der Waals surface area contributed by atoms with Crippen molar-refractivity contribution in [3.63, 3.8) is 0 Å². The van der Waals surface area contributed by atoms with Gasteiger partial charge in [0.05, 0.1) is 19.3 Å². The van der Waals surface area contributed by atoms with Crippen molar-refractivity contribution < 1.29 is 28.0 Å². The average Bonchev–Trinajstić information content (AvgIpc) is 3.00. The van der Waals surface area contributed by atoms with Crippen molar-refractivity contribution in [2.24, 2.45) is 10.8 Å². The van der Waals surface area contributed by atoms with Crippen LogP contribution in [0.25, 0.3) is 0 Å². The van der Waals surface area contributed by atoms with Crippen LogP contribution in [0.5, 0.6) is 0 Å². The predicted molar refractivity (Wildman–Crippen MR) is 214 cm³/mol. The number of ketones is 1. The highest BCUT2D eigenvalue weighted by molar-refractivity contribution is 7.48. The molecule has 0 aromatic heterocycles. The van der Waals surface area contributed by atoms with Crippen molar-refractivity contribution in [1.29, 1.82) is 0 Å². The highest BCUT2D eigenvalue weighted by Crippen LogP contribution is 2.53. The van der Waals surface area contributed by atoms with E-state index in [9.17, 15) is 14.5 Å². The second kappa shape index (κ2) is 20.2. The van der Waals surface area contributed by atoms with Gasteiger partial charge in [0, 0.05) is 0 Å². The Labute approximate surface area is 309 Å². The molecule has 0 aromatic rings. The van der Waals surface area contributed by atoms with E-state index in [1.165, 1.54) is 16.7 Å². The van der Waals surface area contributed by atoms with E-state index in [2.05, 4.69) is 104 Å². The largest absolute Gasteiger partial charge is 0.475 e. The fraction of sp³-hybridized carbons (Fsp3) is 0.477. The molecule has 0 bridgehead atoms. The standard InChI is InChI=1S/C44H63O6P/c1-13-48-51(47,49-14-2)50-41-31-44(11,12)40(37(8)42(41)46)28-26-35(6)24-18-22-33(4)20-16-15-19-32(3)21-17-23-34(5)25-27-39-36(7)29-38(45)30-43(39,9)10/h15-28,38,41,45H,13-14,29-31H2,1-12H3/b16-15+,21-17+,22-18+,27-25+,28-26+,32-19+,33-20+,34-23+,35-24+. The fourth-order valence-corrected chi connectivity index (χ4v) is 7.81. The summed E-state index contributed by atoms with van der Waals surface area (Å²) in [6.45, 7) is 24.5. The molecule has 2 aliphatic rings. The minimum Gasteiger partial charge on any atom is -0.393 e. The summed E-state index contributed by atoms with van der Waals surface area (Å²) in [4.78, 5) is 13.2. The van der Waals surface area contributed by atoms with Crippen LogP contribution in [-0.2, 0) is 22.9 Å². The average molecular weight is 719 g/mol. The number of rotatable bonds is 16. The van der Waals surface area contributed by atoms with Crippen LogP contribution < -0.4 is 0 Å². The lowest BCUT2D eigenvalue weighted by molar-refractivity contribution is -0.125. The Morgan fingerprint density at radius 2 is 1.16 bits per heavy atom. The molecule has 2 unspecified atom stereocenters. The van der Waals surface area contributed by atoms with Gasteiger partial charge in [-0.05, 0) is 102 Å². The number of hydrogen-bond donors (Lipinski definition) is 1. The quantitative estimate of drug-likeness (QED) is 0.126. The van der Waals surface area contributed by atoms with E-state index < -0.39 is 13.9 Å². The number of Topliss-reactive ketones (excluding diaryl/α,β-unsaturated/α-hetero) is 1. The Morgan fingerprint density at radius 3 is 1.63 bits per heavy atom. The molecule has 7 heteroatoms. The number of carbonyl (C=O) groups excluding carboxylic acids is 1. The third-order valence-corrected chi connectivity index (χ3v) is 10.8. The molecule has 280 valence electrons. The van der Waals surface area contributed by atoms with Gasteiger partial charge in [0.2, 0.25) is 0 Å². The third kappa shape index (κ3) is 14.4. The monoisotopic (exact) mass is 718 g/mol. The molecule has 2 rings (SSSR count). The summed E-state index contributed by atoms with van der Waals surface area (Å²) in [7, 11) is -3.81. The maximum atomic E-state index is 13.2. The first kappa shape index (κ1) is 44.0. The van der Waals surface area contributed by atoms with Gasteiger partial charge >= 0.3 is 7.82 Å².